The minimum absolute atomic E-state index is 0.619. The van der Waals surface area contributed by atoms with Crippen LogP contribution in [0.25, 0.3) is 104 Å². The molecule has 12 aromatic rings. The van der Waals surface area contributed by atoms with Crippen molar-refractivity contribution in [2.75, 3.05) is 4.90 Å². The van der Waals surface area contributed by atoms with Gasteiger partial charge in [0.1, 0.15) is 16.6 Å². The highest BCUT2D eigenvalue weighted by atomic mass is 16.4. The fourth-order valence-electron chi connectivity index (χ4n) is 8.43. The van der Waals surface area contributed by atoms with Crippen LogP contribution in [-0.4, -0.2) is 15.0 Å². The number of nitrogens with zero attached hydrogens (tertiary/aromatic N) is 4. The molecule has 0 saturated carbocycles. The lowest BCUT2D eigenvalue weighted by Gasteiger charge is -2.26. The van der Waals surface area contributed by atoms with Crippen LogP contribution >= 0.6 is 0 Å². The Balaban J connectivity index is 0.772. The molecule has 3 heterocycles. The van der Waals surface area contributed by atoms with Crippen molar-refractivity contribution in [3.05, 3.63) is 252 Å². The Morgan fingerprint density at radius 2 is 0.486 bits per heavy atom. The van der Waals surface area contributed by atoms with E-state index in [1.807, 2.05) is 109 Å². The first-order valence-corrected chi connectivity index (χ1v) is 23.1. The van der Waals surface area contributed by atoms with Crippen LogP contribution in [0.5, 0.6) is 0 Å². The van der Waals surface area contributed by atoms with E-state index in [-0.39, 0.29) is 0 Å². The Kier molecular flexibility index (Phi) is 11.1. The Hall–Kier alpha value is -9.59. The summed E-state index contributed by atoms with van der Waals surface area (Å²) < 4.78 is 17.9. The van der Waals surface area contributed by atoms with Gasteiger partial charge in [0.25, 0.3) is 0 Å². The molecule has 7 heteroatoms. The number of hydrogen-bond acceptors (Lipinski definition) is 7. The van der Waals surface area contributed by atoms with Gasteiger partial charge in [0.2, 0.25) is 17.7 Å². The highest BCUT2D eigenvalue weighted by Crippen LogP contribution is 2.36. The van der Waals surface area contributed by atoms with Crippen molar-refractivity contribution in [3.8, 4) is 34.4 Å². The summed E-state index contributed by atoms with van der Waals surface area (Å²) in [6.07, 6.45) is 12.8. The number of anilines is 3. The monoisotopic (exact) mass is 902 g/mol. The Morgan fingerprint density at radius 3 is 0.729 bits per heavy atom. The highest BCUT2D eigenvalue weighted by Gasteiger charge is 2.14. The number of hydrogen-bond donors (Lipinski definition) is 0. The first-order chi connectivity index (χ1) is 34.6. The molecular formula is C63H42N4O3. The number of oxazole rings is 3. The lowest BCUT2D eigenvalue weighted by atomic mass is 10.1. The molecule has 70 heavy (non-hydrogen) atoms. The summed E-state index contributed by atoms with van der Waals surface area (Å²) in [5.74, 6) is 1.86. The first-order valence-electron chi connectivity index (χ1n) is 23.1. The molecule has 0 amide bonds. The van der Waals surface area contributed by atoms with Gasteiger partial charge in [0, 0.05) is 33.8 Å². The molecule has 0 spiro atoms. The van der Waals surface area contributed by atoms with E-state index in [0.717, 1.165) is 100 Å². The van der Waals surface area contributed by atoms with Crippen molar-refractivity contribution in [1.29, 1.82) is 0 Å². The van der Waals surface area contributed by atoms with Gasteiger partial charge >= 0.3 is 0 Å². The molecule has 0 atom stereocenters. The third kappa shape index (κ3) is 8.98. The Bertz CT molecular complexity index is 3340. The van der Waals surface area contributed by atoms with Crippen LogP contribution in [0, 0.1) is 0 Å². The minimum atomic E-state index is 0.619. The van der Waals surface area contributed by atoms with Crippen LogP contribution in [0.15, 0.2) is 232 Å². The van der Waals surface area contributed by atoms with E-state index in [9.17, 15) is 0 Å². The second-order valence-corrected chi connectivity index (χ2v) is 16.9. The van der Waals surface area contributed by atoms with Crippen LogP contribution < -0.4 is 4.90 Å². The molecule has 0 aliphatic carbocycles. The summed E-state index contributed by atoms with van der Waals surface area (Å²) in [6.45, 7) is 0. The van der Waals surface area contributed by atoms with Gasteiger partial charge in [-0.1, -0.05) is 146 Å². The number of fused-ring (bicyclic) bond motifs is 3. The molecule has 3 aromatic heterocycles. The molecule has 0 N–H and O–H groups in total. The second kappa shape index (κ2) is 18.6. The van der Waals surface area contributed by atoms with E-state index in [4.69, 9.17) is 13.3 Å². The lowest BCUT2D eigenvalue weighted by molar-refractivity contribution is 0.619. The van der Waals surface area contributed by atoms with E-state index in [0.29, 0.717) is 17.7 Å². The molecule has 7 nitrogen and oxygen atoms in total. The maximum atomic E-state index is 5.98. The van der Waals surface area contributed by atoms with Gasteiger partial charge in [-0.05, 0) is 143 Å². The maximum Gasteiger partial charge on any atom is 0.227 e. The summed E-state index contributed by atoms with van der Waals surface area (Å²) in [4.78, 5) is 16.2. The molecule has 0 radical (unpaired) electrons. The highest BCUT2D eigenvalue weighted by molar-refractivity contribution is 5.83. The van der Waals surface area contributed by atoms with Crippen LogP contribution in [-0.2, 0) is 0 Å². The normalized spacial score (nSPS) is 11.8. The molecule has 332 valence electrons. The van der Waals surface area contributed by atoms with E-state index >= 15 is 0 Å². The third-order valence-corrected chi connectivity index (χ3v) is 12.2. The van der Waals surface area contributed by atoms with Crippen molar-refractivity contribution in [3.63, 3.8) is 0 Å². The van der Waals surface area contributed by atoms with Crippen LogP contribution in [0.4, 0.5) is 17.1 Å². The summed E-state index contributed by atoms with van der Waals surface area (Å²) in [5.41, 5.74) is 17.4. The molecule has 0 unspecified atom stereocenters. The van der Waals surface area contributed by atoms with Gasteiger partial charge in [-0.3, -0.25) is 0 Å². The number of aromatic nitrogens is 3. The summed E-state index contributed by atoms with van der Waals surface area (Å²) in [7, 11) is 0. The van der Waals surface area contributed by atoms with Crippen molar-refractivity contribution in [2.45, 2.75) is 0 Å². The van der Waals surface area contributed by atoms with Gasteiger partial charge in [-0.15, -0.1) is 0 Å². The van der Waals surface area contributed by atoms with Gasteiger partial charge in [0.05, 0.1) is 0 Å². The van der Waals surface area contributed by atoms with E-state index in [1.165, 1.54) is 0 Å². The Morgan fingerprint density at radius 1 is 0.257 bits per heavy atom. The number of para-hydroxylation sites is 6. The lowest BCUT2D eigenvalue weighted by Crippen LogP contribution is -2.09. The van der Waals surface area contributed by atoms with E-state index in [1.54, 1.807) is 0 Å². The fourth-order valence-corrected chi connectivity index (χ4v) is 8.43. The molecular weight excluding hydrogens is 861 g/mol. The molecule has 0 bridgehead atoms. The smallest absolute Gasteiger partial charge is 0.227 e. The van der Waals surface area contributed by atoms with Gasteiger partial charge in [-0.25, -0.2) is 15.0 Å². The minimum Gasteiger partial charge on any atom is -0.436 e. The van der Waals surface area contributed by atoms with E-state index in [2.05, 4.69) is 166 Å². The number of benzene rings is 9. The zero-order valence-corrected chi connectivity index (χ0v) is 37.8. The van der Waals surface area contributed by atoms with Crippen molar-refractivity contribution in [1.82, 2.24) is 15.0 Å². The van der Waals surface area contributed by atoms with Crippen LogP contribution in [0.3, 0.4) is 0 Å². The topological polar surface area (TPSA) is 81.3 Å². The summed E-state index contributed by atoms with van der Waals surface area (Å²) in [5, 5.41) is 0. The molecule has 0 aliphatic heterocycles. The molecule has 0 fully saturated rings. The molecule has 0 saturated heterocycles. The summed E-state index contributed by atoms with van der Waals surface area (Å²) >= 11 is 0. The maximum absolute atomic E-state index is 5.98. The zero-order chi connectivity index (χ0) is 46.6. The first kappa shape index (κ1) is 41.8. The predicted octanol–water partition coefficient (Wildman–Crippen LogP) is 17.1. The zero-order valence-electron chi connectivity index (χ0n) is 37.8. The molecule has 9 aromatic carbocycles. The quantitative estimate of drug-likeness (QED) is 0.113. The van der Waals surface area contributed by atoms with Crippen molar-refractivity contribution >= 4 is 86.8 Å². The van der Waals surface area contributed by atoms with Crippen LogP contribution in [0.2, 0.25) is 0 Å². The predicted molar refractivity (Wildman–Crippen MR) is 286 cm³/mol. The SMILES string of the molecule is C(=C\c1ccc(N(c2ccc(/C=C/c3ccc(-c4nc5ccccc5o4)cc3)cc2)c2ccc(/C=C/c3ccc(-c4nc5ccccc5o4)cc3)cc2)cc1)/c1ccc(-c2nc3ccccc3o2)cc1. The largest absolute Gasteiger partial charge is 0.436 e. The van der Waals surface area contributed by atoms with Gasteiger partial charge < -0.3 is 18.2 Å². The van der Waals surface area contributed by atoms with Crippen LogP contribution in [0.1, 0.15) is 33.4 Å². The van der Waals surface area contributed by atoms with Crippen molar-refractivity contribution in [2.24, 2.45) is 0 Å². The average molecular weight is 903 g/mol. The Labute approximate surface area is 404 Å². The number of rotatable bonds is 12. The third-order valence-electron chi connectivity index (χ3n) is 12.2. The van der Waals surface area contributed by atoms with Crippen molar-refractivity contribution < 1.29 is 13.3 Å². The van der Waals surface area contributed by atoms with E-state index < -0.39 is 0 Å². The fraction of sp³-hybridized carbons (Fsp3) is 0. The average Bonchev–Trinajstić information content (AvgIpc) is 4.19. The van der Waals surface area contributed by atoms with Gasteiger partial charge in [-0.2, -0.15) is 0 Å². The molecule has 12 rings (SSSR count). The van der Waals surface area contributed by atoms with Gasteiger partial charge in [0.15, 0.2) is 16.7 Å². The molecule has 0 aliphatic rings. The summed E-state index contributed by atoms with van der Waals surface area (Å²) in [6, 6.07) is 74.3. The second-order valence-electron chi connectivity index (χ2n) is 16.9. The standard InChI is InChI=1S/C63H42N4O3/c1-4-10-58-55(7-1)64-61(68-58)49-31-19-43(20-32-49)13-16-46-25-37-52(38-26-46)67(53-39-27-47(28-40-53)17-14-44-21-33-50(34-22-44)62-65-56-8-2-5-11-59(56)69-62)54-41-29-48(30-42-54)18-15-45-23-35-51(36-24-45)63-66-57-9-3-6-12-60(57)70-63/h1-42H/b16-13+,17-14+,18-15+.